The Morgan fingerprint density at radius 1 is 1.18 bits per heavy atom. The molecule has 90 valence electrons. The van der Waals surface area contributed by atoms with Gasteiger partial charge in [-0.2, -0.15) is 0 Å². The van der Waals surface area contributed by atoms with Crippen molar-refractivity contribution in [3.05, 3.63) is 40.9 Å². The highest BCUT2D eigenvalue weighted by Crippen LogP contribution is 2.25. The predicted molar refractivity (Wildman–Crippen MR) is 66.5 cm³/mol. The highest BCUT2D eigenvalue weighted by molar-refractivity contribution is 7.13. The summed E-state index contributed by atoms with van der Waals surface area (Å²) >= 11 is 6.98. The molecule has 0 aliphatic rings. The molecule has 0 aliphatic heterocycles. The number of aryl methyl sites for hydroxylation is 1. The van der Waals surface area contributed by atoms with Crippen molar-refractivity contribution in [2.24, 2.45) is 0 Å². The molecular formula is C12H10ClF2NS. The van der Waals surface area contributed by atoms with E-state index >= 15 is 0 Å². The fourth-order valence-corrected chi connectivity index (χ4v) is 2.46. The van der Waals surface area contributed by atoms with Crippen LogP contribution < -0.4 is 0 Å². The van der Waals surface area contributed by atoms with Gasteiger partial charge in [0.05, 0.1) is 5.69 Å². The first-order valence-electron chi connectivity index (χ1n) is 5.16. The van der Waals surface area contributed by atoms with Gasteiger partial charge in [0.2, 0.25) is 0 Å². The summed E-state index contributed by atoms with van der Waals surface area (Å²) in [5.41, 5.74) is 1.39. The van der Waals surface area contributed by atoms with Gasteiger partial charge in [-0.3, -0.25) is 0 Å². The molecule has 0 radical (unpaired) electrons. The van der Waals surface area contributed by atoms with Gasteiger partial charge >= 0.3 is 0 Å². The zero-order chi connectivity index (χ0) is 12.3. The van der Waals surface area contributed by atoms with Gasteiger partial charge in [0, 0.05) is 22.9 Å². The fourth-order valence-electron chi connectivity index (χ4n) is 1.48. The molecule has 1 aromatic heterocycles. The molecule has 0 saturated carbocycles. The van der Waals surface area contributed by atoms with E-state index in [2.05, 4.69) is 4.98 Å². The number of benzene rings is 1. The van der Waals surface area contributed by atoms with E-state index in [4.69, 9.17) is 11.6 Å². The summed E-state index contributed by atoms with van der Waals surface area (Å²) in [6, 6.07) is 3.42. The summed E-state index contributed by atoms with van der Waals surface area (Å²) in [4.78, 5) is 4.33. The van der Waals surface area contributed by atoms with Crippen molar-refractivity contribution in [2.45, 2.75) is 12.8 Å². The third-order valence-corrected chi connectivity index (χ3v) is 3.44. The van der Waals surface area contributed by atoms with E-state index in [-0.39, 0.29) is 0 Å². The molecule has 0 unspecified atom stereocenters. The summed E-state index contributed by atoms with van der Waals surface area (Å²) in [5, 5.41) is 2.53. The largest absolute Gasteiger partial charge is 0.241 e. The molecule has 0 aliphatic carbocycles. The number of thiazole rings is 1. The second-order valence-corrected chi connectivity index (χ2v) is 4.83. The van der Waals surface area contributed by atoms with E-state index < -0.39 is 11.6 Å². The number of alkyl halides is 1. The van der Waals surface area contributed by atoms with E-state index in [1.54, 1.807) is 0 Å². The van der Waals surface area contributed by atoms with E-state index in [1.165, 1.54) is 23.5 Å². The maximum atomic E-state index is 13.0. The average molecular weight is 274 g/mol. The zero-order valence-corrected chi connectivity index (χ0v) is 10.5. The molecular weight excluding hydrogens is 264 g/mol. The monoisotopic (exact) mass is 273 g/mol. The number of aromatic nitrogens is 1. The molecule has 0 atom stereocenters. The zero-order valence-electron chi connectivity index (χ0n) is 8.92. The van der Waals surface area contributed by atoms with Crippen molar-refractivity contribution >= 4 is 22.9 Å². The van der Waals surface area contributed by atoms with E-state index in [0.29, 0.717) is 16.5 Å². The van der Waals surface area contributed by atoms with E-state index in [0.717, 1.165) is 24.6 Å². The van der Waals surface area contributed by atoms with Crippen LogP contribution in [0.15, 0.2) is 23.6 Å². The third kappa shape index (κ3) is 3.23. The number of hydrogen-bond acceptors (Lipinski definition) is 2. The third-order valence-electron chi connectivity index (χ3n) is 2.23. The highest BCUT2D eigenvalue weighted by Gasteiger charge is 2.07. The second kappa shape index (κ2) is 5.56. The van der Waals surface area contributed by atoms with Crippen molar-refractivity contribution in [3.8, 4) is 10.6 Å². The average Bonchev–Trinajstić information content (AvgIpc) is 2.73. The van der Waals surface area contributed by atoms with Gasteiger partial charge in [-0.1, -0.05) is 0 Å². The van der Waals surface area contributed by atoms with Crippen molar-refractivity contribution in [1.82, 2.24) is 4.98 Å². The highest BCUT2D eigenvalue weighted by atomic mass is 35.5. The van der Waals surface area contributed by atoms with Crippen LogP contribution in [0.3, 0.4) is 0 Å². The molecule has 0 spiro atoms. The van der Waals surface area contributed by atoms with E-state index in [9.17, 15) is 8.78 Å². The summed E-state index contributed by atoms with van der Waals surface area (Å²) in [6.07, 6.45) is 1.64. The molecule has 5 heteroatoms. The van der Waals surface area contributed by atoms with Crippen molar-refractivity contribution in [3.63, 3.8) is 0 Å². The van der Waals surface area contributed by atoms with Crippen LogP contribution in [0.25, 0.3) is 10.6 Å². The molecule has 0 amide bonds. The lowest BCUT2D eigenvalue weighted by Crippen LogP contribution is -1.87. The normalized spacial score (nSPS) is 10.8. The SMILES string of the molecule is Fc1cc(F)cc(-c2nc(CCCCl)cs2)c1. The maximum absolute atomic E-state index is 13.0. The van der Waals surface area contributed by atoms with Crippen LogP contribution in [0.1, 0.15) is 12.1 Å². The van der Waals surface area contributed by atoms with E-state index in [1.807, 2.05) is 5.38 Å². The minimum atomic E-state index is -0.586. The molecule has 1 heterocycles. The van der Waals surface area contributed by atoms with Gasteiger partial charge in [-0.15, -0.1) is 22.9 Å². The second-order valence-electron chi connectivity index (χ2n) is 3.59. The minimum Gasteiger partial charge on any atom is -0.241 e. The van der Waals surface area contributed by atoms with Crippen LogP contribution in [0, 0.1) is 11.6 Å². The predicted octanol–water partition coefficient (Wildman–Crippen LogP) is 4.26. The van der Waals surface area contributed by atoms with Crippen molar-refractivity contribution < 1.29 is 8.78 Å². The number of hydrogen-bond donors (Lipinski definition) is 0. The minimum absolute atomic E-state index is 0.477. The Bertz CT molecular complexity index is 493. The van der Waals surface area contributed by atoms with Crippen LogP contribution >= 0.6 is 22.9 Å². The Hall–Kier alpha value is -1.000. The van der Waals surface area contributed by atoms with Gasteiger partial charge in [0.25, 0.3) is 0 Å². The fraction of sp³-hybridized carbons (Fsp3) is 0.250. The summed E-state index contributed by atoms with van der Waals surface area (Å²) < 4.78 is 26.1. The number of rotatable bonds is 4. The van der Waals surface area contributed by atoms with Crippen LogP contribution in [-0.2, 0) is 6.42 Å². The molecule has 2 aromatic rings. The van der Waals surface area contributed by atoms with Crippen LogP contribution in [0.5, 0.6) is 0 Å². The molecule has 0 fully saturated rings. The summed E-state index contributed by atoms with van der Waals surface area (Å²) in [6.45, 7) is 0. The van der Waals surface area contributed by atoms with Crippen molar-refractivity contribution in [2.75, 3.05) is 5.88 Å². The van der Waals surface area contributed by atoms with Gasteiger partial charge < -0.3 is 0 Å². The lowest BCUT2D eigenvalue weighted by molar-refractivity contribution is 0.584. The first-order valence-corrected chi connectivity index (χ1v) is 6.57. The van der Waals surface area contributed by atoms with Gasteiger partial charge in [0.15, 0.2) is 0 Å². The van der Waals surface area contributed by atoms with Crippen LogP contribution in [0.4, 0.5) is 8.78 Å². The molecule has 2 rings (SSSR count). The van der Waals surface area contributed by atoms with Crippen LogP contribution in [0.2, 0.25) is 0 Å². The van der Waals surface area contributed by atoms with Gasteiger partial charge in [0.1, 0.15) is 16.6 Å². The first-order chi connectivity index (χ1) is 8.19. The molecule has 0 bridgehead atoms. The standard InChI is InChI=1S/C12H10ClF2NS/c13-3-1-2-11-7-17-12(16-11)8-4-9(14)6-10(15)5-8/h4-7H,1-3H2. The Kier molecular flexibility index (Phi) is 4.07. The molecule has 1 aromatic carbocycles. The Balaban J connectivity index is 2.24. The Morgan fingerprint density at radius 2 is 1.88 bits per heavy atom. The summed E-state index contributed by atoms with van der Waals surface area (Å²) in [7, 11) is 0. The summed E-state index contributed by atoms with van der Waals surface area (Å²) in [5.74, 6) is -0.587. The Labute approximate surface area is 107 Å². The lowest BCUT2D eigenvalue weighted by Gasteiger charge is -1.97. The number of nitrogens with zero attached hydrogens (tertiary/aromatic N) is 1. The maximum Gasteiger partial charge on any atom is 0.126 e. The quantitative estimate of drug-likeness (QED) is 0.759. The molecule has 17 heavy (non-hydrogen) atoms. The topological polar surface area (TPSA) is 12.9 Å². The van der Waals surface area contributed by atoms with Crippen LogP contribution in [-0.4, -0.2) is 10.9 Å². The molecule has 0 saturated heterocycles. The molecule has 1 nitrogen and oxygen atoms in total. The Morgan fingerprint density at radius 3 is 2.53 bits per heavy atom. The molecule has 0 N–H and O–H groups in total. The lowest BCUT2D eigenvalue weighted by atomic mass is 10.2. The smallest absolute Gasteiger partial charge is 0.126 e. The number of halogens is 3. The first kappa shape index (κ1) is 12.5. The van der Waals surface area contributed by atoms with Gasteiger partial charge in [-0.05, 0) is 25.0 Å². The van der Waals surface area contributed by atoms with Gasteiger partial charge in [-0.25, -0.2) is 13.8 Å². The van der Waals surface area contributed by atoms with Crippen molar-refractivity contribution in [1.29, 1.82) is 0 Å².